The molecule has 0 bridgehead atoms. The van der Waals surface area contributed by atoms with Gasteiger partial charge in [0.05, 0.1) is 0 Å². The summed E-state index contributed by atoms with van der Waals surface area (Å²) in [7, 11) is 0. The van der Waals surface area contributed by atoms with Crippen molar-refractivity contribution in [2.45, 2.75) is 25.9 Å². The van der Waals surface area contributed by atoms with Crippen molar-refractivity contribution in [1.82, 2.24) is 24.9 Å². The molecule has 1 amide bonds. The van der Waals surface area contributed by atoms with E-state index in [1.54, 1.807) is 58.4 Å². The molecule has 1 aliphatic heterocycles. The zero-order valence-electron chi connectivity index (χ0n) is 16.5. The number of aromatic nitrogens is 4. The second-order valence-electron chi connectivity index (χ2n) is 6.91. The standard InChI is InChI=1S/C21H21N5O4/c1-15(27)29-17-5-3-16(4-6-17)21(28)25-13-9-18(10-14-25)30-20-8-7-19(23-24-20)26-12-2-11-22-26/h2-8,11-12,18H,9-10,13-14H2,1H3. The Morgan fingerprint density at radius 3 is 2.40 bits per heavy atom. The number of benzene rings is 1. The number of ether oxygens (including phenoxy) is 2. The minimum atomic E-state index is -0.392. The number of rotatable bonds is 5. The molecule has 2 aromatic heterocycles. The van der Waals surface area contributed by atoms with Crippen LogP contribution in [0.25, 0.3) is 5.82 Å². The fourth-order valence-corrected chi connectivity index (χ4v) is 3.26. The minimum absolute atomic E-state index is 0.0229. The van der Waals surface area contributed by atoms with E-state index in [9.17, 15) is 9.59 Å². The summed E-state index contributed by atoms with van der Waals surface area (Å²) in [6.07, 6.45) is 4.86. The largest absolute Gasteiger partial charge is 0.473 e. The number of hydrogen-bond donors (Lipinski definition) is 0. The van der Waals surface area contributed by atoms with Crippen LogP contribution in [0, 0.1) is 0 Å². The van der Waals surface area contributed by atoms with Crippen LogP contribution in [0.3, 0.4) is 0 Å². The Bertz CT molecular complexity index is 995. The highest BCUT2D eigenvalue weighted by molar-refractivity contribution is 5.94. The van der Waals surface area contributed by atoms with Gasteiger partial charge in [-0.15, -0.1) is 10.2 Å². The lowest BCUT2D eigenvalue weighted by molar-refractivity contribution is -0.131. The molecule has 30 heavy (non-hydrogen) atoms. The number of piperidine rings is 1. The van der Waals surface area contributed by atoms with E-state index in [4.69, 9.17) is 9.47 Å². The second kappa shape index (κ2) is 8.73. The summed E-state index contributed by atoms with van der Waals surface area (Å²) in [5.74, 6) is 1.05. The Labute approximate surface area is 173 Å². The van der Waals surface area contributed by atoms with Crippen molar-refractivity contribution in [2.24, 2.45) is 0 Å². The van der Waals surface area contributed by atoms with E-state index in [1.807, 2.05) is 6.07 Å². The Balaban J connectivity index is 1.29. The first-order chi connectivity index (χ1) is 14.6. The average Bonchev–Trinajstić information content (AvgIpc) is 3.29. The highest BCUT2D eigenvalue weighted by Gasteiger charge is 2.25. The van der Waals surface area contributed by atoms with Gasteiger partial charge in [-0.05, 0) is 36.4 Å². The van der Waals surface area contributed by atoms with Crippen LogP contribution in [0.4, 0.5) is 0 Å². The van der Waals surface area contributed by atoms with Gasteiger partial charge >= 0.3 is 5.97 Å². The molecule has 0 spiro atoms. The van der Waals surface area contributed by atoms with Crippen LogP contribution in [-0.4, -0.2) is 55.9 Å². The molecule has 0 N–H and O–H groups in total. The first kappa shape index (κ1) is 19.6. The third kappa shape index (κ3) is 4.62. The van der Waals surface area contributed by atoms with Crippen molar-refractivity contribution in [3.8, 4) is 17.4 Å². The normalized spacial score (nSPS) is 14.4. The first-order valence-electron chi connectivity index (χ1n) is 9.66. The van der Waals surface area contributed by atoms with Crippen molar-refractivity contribution >= 4 is 11.9 Å². The Morgan fingerprint density at radius 1 is 1.03 bits per heavy atom. The van der Waals surface area contributed by atoms with E-state index in [2.05, 4.69) is 15.3 Å². The summed E-state index contributed by atoms with van der Waals surface area (Å²) < 4.78 is 12.5. The van der Waals surface area contributed by atoms with Crippen LogP contribution in [0.15, 0.2) is 54.9 Å². The molecule has 9 heteroatoms. The monoisotopic (exact) mass is 407 g/mol. The maximum Gasteiger partial charge on any atom is 0.308 e. The van der Waals surface area contributed by atoms with Crippen LogP contribution in [-0.2, 0) is 4.79 Å². The van der Waals surface area contributed by atoms with Gasteiger partial charge in [0, 0.05) is 56.9 Å². The van der Waals surface area contributed by atoms with Crippen LogP contribution >= 0.6 is 0 Å². The number of esters is 1. The summed E-state index contributed by atoms with van der Waals surface area (Å²) >= 11 is 0. The second-order valence-corrected chi connectivity index (χ2v) is 6.91. The summed E-state index contributed by atoms with van der Waals surface area (Å²) in [4.78, 5) is 25.5. The van der Waals surface area contributed by atoms with Crippen molar-refractivity contribution in [1.29, 1.82) is 0 Å². The molecule has 0 saturated carbocycles. The molecule has 1 saturated heterocycles. The van der Waals surface area contributed by atoms with Gasteiger partial charge in [0.25, 0.3) is 5.91 Å². The summed E-state index contributed by atoms with van der Waals surface area (Å²) in [5.41, 5.74) is 0.561. The lowest BCUT2D eigenvalue weighted by atomic mass is 10.1. The zero-order chi connectivity index (χ0) is 20.9. The Hall–Kier alpha value is -3.75. The number of carbonyl (C=O) groups excluding carboxylic acids is 2. The van der Waals surface area contributed by atoms with Crippen LogP contribution in [0.5, 0.6) is 11.6 Å². The molecule has 0 atom stereocenters. The van der Waals surface area contributed by atoms with Gasteiger partial charge in [-0.1, -0.05) is 0 Å². The van der Waals surface area contributed by atoms with Gasteiger partial charge < -0.3 is 14.4 Å². The summed E-state index contributed by atoms with van der Waals surface area (Å²) in [5, 5.41) is 12.3. The molecule has 9 nitrogen and oxygen atoms in total. The maximum atomic E-state index is 12.7. The SMILES string of the molecule is CC(=O)Oc1ccc(C(=O)N2CCC(Oc3ccc(-n4cccn4)nn3)CC2)cc1. The lowest BCUT2D eigenvalue weighted by Crippen LogP contribution is -2.41. The molecule has 154 valence electrons. The smallest absolute Gasteiger partial charge is 0.308 e. The van der Waals surface area contributed by atoms with Gasteiger partial charge in [-0.3, -0.25) is 9.59 Å². The van der Waals surface area contributed by atoms with E-state index >= 15 is 0 Å². The third-order valence-corrected chi connectivity index (χ3v) is 4.74. The predicted molar refractivity (Wildman–Crippen MR) is 106 cm³/mol. The third-order valence-electron chi connectivity index (χ3n) is 4.74. The van der Waals surface area contributed by atoms with E-state index in [-0.39, 0.29) is 12.0 Å². The topological polar surface area (TPSA) is 99.4 Å². The molecule has 1 fully saturated rings. The first-order valence-corrected chi connectivity index (χ1v) is 9.66. The van der Waals surface area contributed by atoms with Gasteiger partial charge in [0.1, 0.15) is 11.9 Å². The molecular weight excluding hydrogens is 386 g/mol. The zero-order valence-corrected chi connectivity index (χ0v) is 16.5. The van der Waals surface area contributed by atoms with Crippen LogP contribution < -0.4 is 9.47 Å². The van der Waals surface area contributed by atoms with E-state index in [1.165, 1.54) is 6.92 Å². The molecule has 4 rings (SSSR count). The molecule has 3 heterocycles. The number of likely N-dealkylation sites (tertiary alicyclic amines) is 1. The van der Waals surface area contributed by atoms with Gasteiger partial charge in [0.15, 0.2) is 5.82 Å². The molecule has 0 radical (unpaired) electrons. The van der Waals surface area contributed by atoms with E-state index < -0.39 is 5.97 Å². The highest BCUT2D eigenvalue weighted by atomic mass is 16.5. The quantitative estimate of drug-likeness (QED) is 0.472. The van der Waals surface area contributed by atoms with E-state index in [0.717, 1.165) is 0 Å². The number of hydrogen-bond acceptors (Lipinski definition) is 7. The van der Waals surface area contributed by atoms with Gasteiger partial charge in [0.2, 0.25) is 5.88 Å². The fourth-order valence-electron chi connectivity index (χ4n) is 3.26. The average molecular weight is 407 g/mol. The predicted octanol–water partition coefficient (Wildman–Crippen LogP) is 2.27. The molecule has 1 aliphatic rings. The molecule has 0 unspecified atom stereocenters. The van der Waals surface area contributed by atoms with Crippen molar-refractivity contribution in [2.75, 3.05) is 13.1 Å². The minimum Gasteiger partial charge on any atom is -0.473 e. The van der Waals surface area contributed by atoms with Crippen LogP contribution in [0.1, 0.15) is 30.1 Å². The highest BCUT2D eigenvalue weighted by Crippen LogP contribution is 2.20. The number of amides is 1. The maximum absolute atomic E-state index is 12.7. The number of carbonyl (C=O) groups is 2. The van der Waals surface area contributed by atoms with Crippen molar-refractivity contribution < 1.29 is 19.1 Å². The van der Waals surface area contributed by atoms with Gasteiger partial charge in [-0.25, -0.2) is 4.68 Å². The van der Waals surface area contributed by atoms with Crippen molar-refractivity contribution in [3.05, 3.63) is 60.4 Å². The van der Waals surface area contributed by atoms with Crippen LogP contribution in [0.2, 0.25) is 0 Å². The summed E-state index contributed by atoms with van der Waals surface area (Å²) in [6, 6.07) is 12.0. The Kier molecular flexibility index (Phi) is 5.69. The van der Waals surface area contributed by atoms with Gasteiger partial charge in [-0.2, -0.15) is 5.10 Å². The number of nitrogens with zero attached hydrogens (tertiary/aromatic N) is 5. The molecule has 0 aliphatic carbocycles. The molecular formula is C21H21N5O4. The summed E-state index contributed by atoms with van der Waals surface area (Å²) in [6.45, 7) is 2.52. The Morgan fingerprint density at radius 2 is 1.80 bits per heavy atom. The molecule has 3 aromatic rings. The van der Waals surface area contributed by atoms with E-state index in [0.29, 0.717) is 48.9 Å². The van der Waals surface area contributed by atoms with Crippen molar-refractivity contribution in [3.63, 3.8) is 0 Å². The fraction of sp³-hybridized carbons (Fsp3) is 0.286. The molecule has 1 aromatic carbocycles. The lowest BCUT2D eigenvalue weighted by Gasteiger charge is -2.32.